The second kappa shape index (κ2) is 10.9. The first-order valence-corrected chi connectivity index (χ1v) is 13.6. The fourth-order valence-electron chi connectivity index (χ4n) is 5.71. The highest BCUT2D eigenvalue weighted by atomic mass is 16.1. The summed E-state index contributed by atoms with van der Waals surface area (Å²) in [5, 5.41) is 0. The van der Waals surface area contributed by atoms with E-state index in [-0.39, 0.29) is 0 Å². The maximum absolute atomic E-state index is 11.3. The van der Waals surface area contributed by atoms with Gasteiger partial charge < -0.3 is 19.6 Å². The van der Waals surface area contributed by atoms with Crippen molar-refractivity contribution in [2.45, 2.75) is 53.4 Å². The van der Waals surface area contributed by atoms with Crippen LogP contribution in [0.3, 0.4) is 0 Å². The number of hydrogen-bond acceptors (Lipinski definition) is 4. The van der Waals surface area contributed by atoms with E-state index >= 15 is 0 Å². The summed E-state index contributed by atoms with van der Waals surface area (Å²) in [6, 6.07) is 8.25. The molecule has 0 saturated carbocycles. The summed E-state index contributed by atoms with van der Waals surface area (Å²) in [5.74, 6) is 0. The van der Waals surface area contributed by atoms with Crippen LogP contribution in [0.2, 0.25) is 0 Å². The van der Waals surface area contributed by atoms with Gasteiger partial charge in [0.05, 0.1) is 22.8 Å². The quantitative estimate of drug-likeness (QED) is 0.292. The summed E-state index contributed by atoms with van der Waals surface area (Å²) in [6.45, 7) is 16.4. The number of aromatic nitrogens is 4. The molecule has 202 valence electrons. The van der Waals surface area contributed by atoms with Gasteiger partial charge in [-0.1, -0.05) is 25.3 Å². The standard InChI is InChI=1S/C34H34N4O2/c1-7-23-19(3)27-15-28-21(5)25(11-9-13-39)33(37-28)18-34-26(12-10-14-40)22(6)30(38-34)17-32-24(8-2)20(4)29(36-32)16-31(23)35-27/h7-8,13-18,36,38H,1-2,9-12H2,3-6H3. The molecule has 0 radical (unpaired) electrons. The summed E-state index contributed by atoms with van der Waals surface area (Å²) in [4.78, 5) is 39.9. The second-order valence-corrected chi connectivity index (χ2v) is 10.4. The van der Waals surface area contributed by atoms with E-state index in [9.17, 15) is 9.59 Å². The molecule has 2 N–H and O–H groups in total. The average molecular weight is 531 g/mol. The highest BCUT2D eigenvalue weighted by Crippen LogP contribution is 2.36. The van der Waals surface area contributed by atoms with Crippen LogP contribution in [0, 0.1) is 13.8 Å². The highest BCUT2D eigenvalue weighted by Gasteiger charge is 2.20. The Morgan fingerprint density at radius 2 is 1.30 bits per heavy atom. The van der Waals surface area contributed by atoms with Crippen molar-refractivity contribution < 1.29 is 9.59 Å². The zero-order chi connectivity index (χ0) is 28.6. The van der Waals surface area contributed by atoms with Crippen molar-refractivity contribution >= 4 is 63.0 Å². The molecule has 3 aromatic rings. The largest absolute Gasteiger partial charge is 0.355 e. The predicted molar refractivity (Wildman–Crippen MR) is 165 cm³/mol. The van der Waals surface area contributed by atoms with Crippen LogP contribution < -0.4 is 0 Å². The molecule has 2 aliphatic heterocycles. The molecular formula is C34H34N4O2. The Morgan fingerprint density at radius 1 is 0.675 bits per heavy atom. The number of aryl methyl sites for hydroxylation is 3. The van der Waals surface area contributed by atoms with E-state index in [0.29, 0.717) is 25.7 Å². The Balaban J connectivity index is 1.97. The fraction of sp³-hybridized carbons (Fsp3) is 0.235. The van der Waals surface area contributed by atoms with E-state index in [2.05, 4.69) is 69.0 Å². The van der Waals surface area contributed by atoms with Crippen molar-refractivity contribution in [2.24, 2.45) is 0 Å². The van der Waals surface area contributed by atoms with Crippen LogP contribution in [-0.4, -0.2) is 32.5 Å². The average Bonchev–Trinajstić information content (AvgIpc) is 3.59. The van der Waals surface area contributed by atoms with Crippen LogP contribution in [0.1, 0.15) is 78.1 Å². The Labute approximate surface area is 234 Å². The first-order chi connectivity index (χ1) is 19.3. The maximum atomic E-state index is 11.3. The molecule has 0 unspecified atom stereocenters. The maximum Gasteiger partial charge on any atom is 0.120 e. The van der Waals surface area contributed by atoms with Gasteiger partial charge in [-0.15, -0.1) is 0 Å². The number of H-pyrrole nitrogens is 2. The van der Waals surface area contributed by atoms with Gasteiger partial charge in [-0.3, -0.25) is 0 Å². The van der Waals surface area contributed by atoms with E-state index in [1.807, 2.05) is 18.2 Å². The van der Waals surface area contributed by atoms with Gasteiger partial charge in [-0.25, -0.2) is 9.97 Å². The smallest absolute Gasteiger partial charge is 0.120 e. The number of hydrogen-bond donors (Lipinski definition) is 2. The van der Waals surface area contributed by atoms with Gasteiger partial charge >= 0.3 is 0 Å². The molecule has 0 amide bonds. The monoisotopic (exact) mass is 530 g/mol. The number of rotatable bonds is 8. The molecule has 5 rings (SSSR count). The van der Waals surface area contributed by atoms with Gasteiger partial charge in [0.15, 0.2) is 0 Å². The van der Waals surface area contributed by atoms with Gasteiger partial charge in [0.25, 0.3) is 0 Å². The van der Waals surface area contributed by atoms with Crippen molar-refractivity contribution in [3.63, 3.8) is 0 Å². The Kier molecular flexibility index (Phi) is 7.35. The van der Waals surface area contributed by atoms with Gasteiger partial charge in [-0.2, -0.15) is 0 Å². The summed E-state index contributed by atoms with van der Waals surface area (Å²) in [6.07, 6.45) is 7.69. The van der Waals surface area contributed by atoms with Crippen LogP contribution in [0.5, 0.6) is 0 Å². The molecule has 6 nitrogen and oxygen atoms in total. The zero-order valence-corrected chi connectivity index (χ0v) is 23.6. The molecular weight excluding hydrogens is 496 g/mol. The second-order valence-electron chi connectivity index (χ2n) is 10.4. The molecule has 0 spiro atoms. The number of carbonyl (C=O) groups is 2. The first kappa shape index (κ1) is 27.0. The van der Waals surface area contributed by atoms with Crippen molar-refractivity contribution in [3.05, 3.63) is 88.5 Å². The van der Waals surface area contributed by atoms with Gasteiger partial charge in [0.1, 0.15) is 12.6 Å². The molecule has 0 fully saturated rings. The molecule has 0 aromatic carbocycles. The molecule has 8 bridgehead atoms. The lowest BCUT2D eigenvalue weighted by atomic mass is 10.00. The number of aromatic amines is 2. The number of nitrogens with one attached hydrogen (secondary N) is 2. The Bertz CT molecular complexity index is 1810. The van der Waals surface area contributed by atoms with Crippen LogP contribution in [0.15, 0.2) is 43.5 Å². The molecule has 6 heteroatoms. The molecule has 0 atom stereocenters. The number of fused-ring (bicyclic) bond motifs is 8. The van der Waals surface area contributed by atoms with Crippen LogP contribution in [0.25, 0.3) is 50.4 Å². The lowest BCUT2D eigenvalue weighted by molar-refractivity contribution is -0.108. The highest BCUT2D eigenvalue weighted by molar-refractivity contribution is 5.98. The zero-order valence-electron chi connectivity index (χ0n) is 23.6. The minimum atomic E-state index is 0.416. The van der Waals surface area contributed by atoms with Crippen LogP contribution in [0.4, 0.5) is 0 Å². The van der Waals surface area contributed by atoms with Crippen molar-refractivity contribution in [3.8, 4) is 0 Å². The summed E-state index contributed by atoms with van der Waals surface area (Å²) in [5.41, 5.74) is 15.5. The summed E-state index contributed by atoms with van der Waals surface area (Å²) < 4.78 is 0. The normalized spacial score (nSPS) is 13.1. The molecule has 3 aromatic heterocycles. The number of carbonyl (C=O) groups excluding carboxylic acids is 2. The summed E-state index contributed by atoms with van der Waals surface area (Å²) >= 11 is 0. The lowest BCUT2D eigenvalue weighted by Gasteiger charge is -2.02. The van der Waals surface area contributed by atoms with E-state index in [0.717, 1.165) is 102 Å². The third-order valence-corrected chi connectivity index (χ3v) is 8.07. The number of allylic oxidation sites excluding steroid dienone is 5. The minimum absolute atomic E-state index is 0.416. The van der Waals surface area contributed by atoms with Crippen LogP contribution >= 0.6 is 0 Å². The van der Waals surface area contributed by atoms with Gasteiger partial charge in [0.2, 0.25) is 0 Å². The third-order valence-electron chi connectivity index (χ3n) is 8.07. The van der Waals surface area contributed by atoms with E-state index in [4.69, 9.17) is 9.97 Å². The van der Waals surface area contributed by atoms with Crippen molar-refractivity contribution in [2.75, 3.05) is 0 Å². The number of nitrogens with zero attached hydrogens (tertiary/aromatic N) is 2. The van der Waals surface area contributed by atoms with E-state index < -0.39 is 0 Å². The van der Waals surface area contributed by atoms with Gasteiger partial charge in [0, 0.05) is 46.0 Å². The Morgan fingerprint density at radius 3 is 2.00 bits per heavy atom. The molecule has 2 aliphatic rings. The topological polar surface area (TPSA) is 91.5 Å². The van der Waals surface area contributed by atoms with E-state index in [1.54, 1.807) is 0 Å². The minimum Gasteiger partial charge on any atom is -0.355 e. The third kappa shape index (κ3) is 4.60. The lowest BCUT2D eigenvalue weighted by Crippen LogP contribution is -1.89. The van der Waals surface area contributed by atoms with Crippen molar-refractivity contribution in [1.29, 1.82) is 0 Å². The fourth-order valence-corrected chi connectivity index (χ4v) is 5.71. The summed E-state index contributed by atoms with van der Waals surface area (Å²) in [7, 11) is 0. The predicted octanol–water partition coefficient (Wildman–Crippen LogP) is 7.73. The molecule has 40 heavy (non-hydrogen) atoms. The van der Waals surface area contributed by atoms with Crippen molar-refractivity contribution in [1.82, 2.24) is 19.9 Å². The Hall–Kier alpha value is -4.58. The molecule has 0 aliphatic carbocycles. The molecule has 0 saturated heterocycles. The van der Waals surface area contributed by atoms with E-state index in [1.165, 1.54) is 0 Å². The van der Waals surface area contributed by atoms with Gasteiger partial charge in [-0.05, 0) is 98.2 Å². The molecule has 5 heterocycles. The van der Waals surface area contributed by atoms with Crippen LogP contribution in [-0.2, 0) is 16.0 Å². The first-order valence-electron chi connectivity index (χ1n) is 13.6. The number of aldehydes is 2. The SMILES string of the molecule is C=CC1=C(C)c2cc3nc(cc4[nH]c(cc5[nH]c(cc1n2)c(C)c5C=C)c(C)c4CCC=O)C(CCC=O)=C3C.